The van der Waals surface area contributed by atoms with Crippen molar-refractivity contribution in [2.45, 2.75) is 0 Å². The van der Waals surface area contributed by atoms with Crippen molar-refractivity contribution in [2.75, 3.05) is 44.7 Å². The molecule has 1 aliphatic heterocycles. The van der Waals surface area contributed by atoms with E-state index in [-0.39, 0.29) is 0 Å². The second kappa shape index (κ2) is 6.47. The van der Waals surface area contributed by atoms with E-state index in [1.54, 1.807) is 6.33 Å². The van der Waals surface area contributed by atoms with Crippen molar-refractivity contribution in [3.63, 3.8) is 0 Å². The van der Waals surface area contributed by atoms with Gasteiger partial charge in [0.2, 0.25) is 0 Å². The Labute approximate surface area is 126 Å². The van der Waals surface area contributed by atoms with Gasteiger partial charge in [-0.2, -0.15) is 0 Å². The van der Waals surface area contributed by atoms with Crippen LogP contribution in [-0.2, 0) is 4.74 Å². The molecule has 1 aromatic heterocycles. The molecule has 106 valence electrons. The van der Waals surface area contributed by atoms with Crippen LogP contribution in [0.2, 0.25) is 0 Å². The molecule has 1 fully saturated rings. The molecule has 0 atom stereocenters. The van der Waals surface area contributed by atoms with Crippen molar-refractivity contribution in [3.05, 3.63) is 29.0 Å². The van der Waals surface area contributed by atoms with Crippen LogP contribution in [0.15, 0.2) is 29.0 Å². The van der Waals surface area contributed by atoms with Crippen molar-refractivity contribution in [2.24, 2.45) is 0 Å². The lowest BCUT2D eigenvalue weighted by Crippen LogP contribution is -2.39. The average molecular weight is 337 g/mol. The third-order valence-corrected chi connectivity index (χ3v) is 4.08. The van der Waals surface area contributed by atoms with Crippen LogP contribution < -0.4 is 5.32 Å². The Hall–Kier alpha value is -1.24. The summed E-state index contributed by atoms with van der Waals surface area (Å²) in [5.41, 5.74) is 0.941. The Morgan fingerprint density at radius 2 is 2.10 bits per heavy atom. The first-order valence-corrected chi connectivity index (χ1v) is 7.57. The highest BCUT2D eigenvalue weighted by Crippen LogP contribution is 2.25. The van der Waals surface area contributed by atoms with E-state index in [0.717, 1.165) is 60.6 Å². The number of nitrogens with one attached hydrogen (secondary N) is 1. The lowest BCUT2D eigenvalue weighted by Gasteiger charge is -2.26. The van der Waals surface area contributed by atoms with Crippen LogP contribution in [-0.4, -0.2) is 54.3 Å². The quantitative estimate of drug-likeness (QED) is 0.926. The zero-order valence-corrected chi connectivity index (χ0v) is 12.8. The van der Waals surface area contributed by atoms with Gasteiger partial charge < -0.3 is 10.1 Å². The molecule has 0 unspecified atom stereocenters. The molecule has 5 nitrogen and oxygen atoms in total. The molecule has 1 N–H and O–H groups in total. The fraction of sp³-hybridized carbons (Fsp3) is 0.429. The summed E-state index contributed by atoms with van der Waals surface area (Å²) in [4.78, 5) is 11.1. The highest BCUT2D eigenvalue weighted by molar-refractivity contribution is 9.10. The number of anilines is 1. The van der Waals surface area contributed by atoms with Crippen LogP contribution in [0.4, 0.5) is 5.82 Å². The van der Waals surface area contributed by atoms with E-state index in [1.165, 1.54) is 0 Å². The van der Waals surface area contributed by atoms with Crippen LogP contribution in [0, 0.1) is 0 Å². The first kappa shape index (κ1) is 13.7. The normalized spacial score (nSPS) is 16.4. The molecule has 0 amide bonds. The van der Waals surface area contributed by atoms with Crippen LogP contribution >= 0.6 is 15.9 Å². The van der Waals surface area contributed by atoms with Gasteiger partial charge in [0.15, 0.2) is 0 Å². The molecule has 2 aromatic rings. The summed E-state index contributed by atoms with van der Waals surface area (Å²) >= 11 is 3.52. The van der Waals surface area contributed by atoms with E-state index in [0.29, 0.717) is 0 Å². The molecule has 1 saturated heterocycles. The first-order valence-electron chi connectivity index (χ1n) is 6.78. The molecule has 0 radical (unpaired) electrons. The number of ether oxygens (including phenoxy) is 1. The fourth-order valence-corrected chi connectivity index (χ4v) is 2.82. The average Bonchev–Trinajstić information content (AvgIpc) is 2.49. The highest BCUT2D eigenvalue weighted by Gasteiger charge is 2.10. The summed E-state index contributed by atoms with van der Waals surface area (Å²) in [6.07, 6.45) is 1.60. The summed E-state index contributed by atoms with van der Waals surface area (Å²) < 4.78 is 6.34. The molecule has 0 saturated carbocycles. The van der Waals surface area contributed by atoms with Gasteiger partial charge in [-0.25, -0.2) is 9.97 Å². The van der Waals surface area contributed by atoms with Gasteiger partial charge >= 0.3 is 0 Å². The van der Waals surface area contributed by atoms with Crippen molar-refractivity contribution in [3.8, 4) is 0 Å². The third-order valence-electron chi connectivity index (χ3n) is 3.44. The lowest BCUT2D eigenvalue weighted by molar-refractivity contribution is 0.0398. The number of nitrogens with zero attached hydrogens (tertiary/aromatic N) is 3. The predicted molar refractivity (Wildman–Crippen MR) is 83.0 cm³/mol. The Kier molecular flexibility index (Phi) is 4.44. The van der Waals surface area contributed by atoms with Crippen LogP contribution in [0.5, 0.6) is 0 Å². The van der Waals surface area contributed by atoms with Crippen LogP contribution in [0.25, 0.3) is 10.9 Å². The molecule has 3 rings (SSSR count). The molecule has 0 aliphatic carbocycles. The fourth-order valence-electron chi connectivity index (χ4n) is 2.35. The van der Waals surface area contributed by atoms with Gasteiger partial charge in [0.05, 0.1) is 18.7 Å². The van der Waals surface area contributed by atoms with E-state index in [1.807, 2.05) is 18.2 Å². The van der Waals surface area contributed by atoms with E-state index in [4.69, 9.17) is 4.74 Å². The maximum absolute atomic E-state index is 5.35. The number of rotatable bonds is 4. The monoisotopic (exact) mass is 336 g/mol. The van der Waals surface area contributed by atoms with Gasteiger partial charge in [-0.05, 0) is 28.1 Å². The van der Waals surface area contributed by atoms with Gasteiger partial charge in [-0.3, -0.25) is 4.90 Å². The lowest BCUT2D eigenvalue weighted by atomic mass is 10.2. The molecular formula is C14H17BrN4O. The Morgan fingerprint density at radius 1 is 1.25 bits per heavy atom. The number of hydrogen-bond acceptors (Lipinski definition) is 5. The van der Waals surface area contributed by atoms with Crippen molar-refractivity contribution in [1.29, 1.82) is 0 Å². The third kappa shape index (κ3) is 3.08. The van der Waals surface area contributed by atoms with Gasteiger partial charge in [-0.1, -0.05) is 6.07 Å². The maximum atomic E-state index is 5.35. The number of fused-ring (bicyclic) bond motifs is 1. The molecule has 0 bridgehead atoms. The summed E-state index contributed by atoms with van der Waals surface area (Å²) in [6, 6.07) is 6.03. The Morgan fingerprint density at radius 3 is 2.95 bits per heavy atom. The van der Waals surface area contributed by atoms with Crippen LogP contribution in [0.3, 0.4) is 0 Å². The minimum atomic E-state index is 0.837. The standard InChI is InChI=1S/C14H17BrN4O/c15-12-3-1-2-11-13(12)17-10-18-14(11)16-4-5-19-6-8-20-9-7-19/h1-3,10H,4-9H2,(H,16,17,18). The smallest absolute Gasteiger partial charge is 0.137 e. The number of aromatic nitrogens is 2. The molecule has 0 spiro atoms. The highest BCUT2D eigenvalue weighted by atomic mass is 79.9. The number of para-hydroxylation sites is 1. The summed E-state index contributed by atoms with van der Waals surface area (Å²) in [5, 5.41) is 4.45. The number of hydrogen-bond donors (Lipinski definition) is 1. The van der Waals surface area contributed by atoms with Gasteiger partial charge in [0.1, 0.15) is 12.1 Å². The second-order valence-electron chi connectivity index (χ2n) is 4.74. The number of morpholine rings is 1. The Bertz CT molecular complexity index is 586. The van der Waals surface area contributed by atoms with E-state index < -0.39 is 0 Å². The molecular weight excluding hydrogens is 320 g/mol. The summed E-state index contributed by atoms with van der Waals surface area (Å²) in [6.45, 7) is 5.57. The summed E-state index contributed by atoms with van der Waals surface area (Å²) in [7, 11) is 0. The molecule has 1 aromatic carbocycles. The Balaban J connectivity index is 1.66. The second-order valence-corrected chi connectivity index (χ2v) is 5.59. The minimum absolute atomic E-state index is 0.837. The van der Waals surface area contributed by atoms with Gasteiger partial charge in [-0.15, -0.1) is 0 Å². The zero-order valence-electron chi connectivity index (χ0n) is 11.2. The van der Waals surface area contributed by atoms with Crippen LogP contribution in [0.1, 0.15) is 0 Å². The van der Waals surface area contributed by atoms with Crippen molar-refractivity contribution >= 4 is 32.7 Å². The SMILES string of the molecule is Brc1cccc2c(NCCN3CCOCC3)ncnc12. The molecule has 1 aliphatic rings. The summed E-state index contributed by atoms with van der Waals surface area (Å²) in [5.74, 6) is 0.893. The zero-order chi connectivity index (χ0) is 13.8. The largest absolute Gasteiger partial charge is 0.379 e. The maximum Gasteiger partial charge on any atom is 0.137 e. The number of halogens is 1. The molecule has 20 heavy (non-hydrogen) atoms. The predicted octanol–water partition coefficient (Wildman–Crippen LogP) is 2.14. The van der Waals surface area contributed by atoms with Gasteiger partial charge in [0, 0.05) is 36.0 Å². The van der Waals surface area contributed by atoms with Gasteiger partial charge in [0.25, 0.3) is 0 Å². The molecule has 2 heterocycles. The first-order chi connectivity index (χ1) is 9.84. The van der Waals surface area contributed by atoms with Crippen molar-refractivity contribution < 1.29 is 4.74 Å². The van der Waals surface area contributed by atoms with E-state index in [9.17, 15) is 0 Å². The minimum Gasteiger partial charge on any atom is -0.379 e. The van der Waals surface area contributed by atoms with E-state index in [2.05, 4.69) is 36.1 Å². The topological polar surface area (TPSA) is 50.3 Å². The van der Waals surface area contributed by atoms with Crippen molar-refractivity contribution in [1.82, 2.24) is 14.9 Å². The number of benzene rings is 1. The molecule has 6 heteroatoms. The van der Waals surface area contributed by atoms with E-state index >= 15 is 0 Å².